The molecule has 1 aliphatic rings. The lowest BCUT2D eigenvalue weighted by Crippen LogP contribution is -2.47. The quantitative estimate of drug-likeness (QED) is 0.0192. The fourth-order valence-electron chi connectivity index (χ4n) is 10.8. The van der Waals surface area contributed by atoms with Crippen molar-refractivity contribution in [3.63, 3.8) is 0 Å². The number of esters is 5. The van der Waals surface area contributed by atoms with Crippen molar-refractivity contribution in [1.29, 1.82) is 0 Å². The highest BCUT2D eigenvalue weighted by Crippen LogP contribution is 2.23. The third-order valence-corrected chi connectivity index (χ3v) is 19.7. The number of aliphatic hydroxyl groups excluding tert-OH is 4. The van der Waals surface area contributed by atoms with E-state index >= 15 is 0 Å². The number of rotatable bonds is 62. The molecule has 1 heterocycles. The van der Waals surface area contributed by atoms with E-state index in [2.05, 4.69) is 75.0 Å². The van der Waals surface area contributed by atoms with Gasteiger partial charge in [0.05, 0.1) is 50.8 Å². The van der Waals surface area contributed by atoms with Crippen molar-refractivity contribution in [2.24, 2.45) is 23.7 Å². The molecular weight excluding hydrogens is 1180 g/mol. The van der Waals surface area contributed by atoms with Crippen LogP contribution in [-0.2, 0) is 47.7 Å². The maximum absolute atomic E-state index is 12.8. The van der Waals surface area contributed by atoms with Gasteiger partial charge in [-0.3, -0.25) is 43.6 Å². The van der Waals surface area contributed by atoms with Crippen molar-refractivity contribution in [3.05, 3.63) is 0 Å². The van der Waals surface area contributed by atoms with Gasteiger partial charge in [0.1, 0.15) is 6.61 Å². The molecule has 4 atom stereocenters. The first-order chi connectivity index (χ1) is 43.3. The lowest BCUT2D eigenvalue weighted by atomic mass is 10.1. The molecule has 18 nitrogen and oxygen atoms in total. The van der Waals surface area contributed by atoms with Gasteiger partial charge in [0.25, 0.3) is 0 Å². The van der Waals surface area contributed by atoms with Crippen LogP contribution in [0.3, 0.4) is 0 Å². The molecule has 20 heteroatoms. The summed E-state index contributed by atoms with van der Waals surface area (Å²) >= 11 is 0. The van der Waals surface area contributed by atoms with Crippen LogP contribution in [0.2, 0.25) is 0 Å². The third kappa shape index (κ3) is 52.1. The molecule has 0 bridgehead atoms. The molecule has 0 aromatic rings. The fraction of sp³-hybridized carbons (Fsp3) is 0.929. The average molecular weight is 1320 g/mol. The summed E-state index contributed by atoms with van der Waals surface area (Å²) in [4.78, 5) is 70.7. The van der Waals surface area contributed by atoms with Gasteiger partial charge in [-0.15, -0.1) is 0 Å². The Morgan fingerprint density at radius 2 is 0.689 bits per heavy atom. The van der Waals surface area contributed by atoms with Crippen molar-refractivity contribution < 1.29 is 68.1 Å². The first kappa shape index (κ1) is 85.7. The average Bonchev–Trinajstić information content (AvgIpc) is 3.59. The minimum Gasteiger partial charge on any atom is -0.466 e. The second kappa shape index (κ2) is 58.1. The molecule has 0 aromatic heterocycles. The van der Waals surface area contributed by atoms with E-state index in [0.717, 1.165) is 166 Å². The van der Waals surface area contributed by atoms with E-state index in [1.807, 2.05) is 21.6 Å². The van der Waals surface area contributed by atoms with Gasteiger partial charge in [0.2, 0.25) is 0 Å². The molecule has 1 saturated heterocycles. The monoisotopic (exact) mass is 1320 g/mol. The number of hydrogen-bond donors (Lipinski definition) is 4. The van der Waals surface area contributed by atoms with E-state index < -0.39 is 24.4 Å². The van der Waals surface area contributed by atoms with Crippen LogP contribution < -0.4 is 0 Å². The maximum atomic E-state index is 12.8. The summed E-state index contributed by atoms with van der Waals surface area (Å²) in [5.74, 6) is 2.95. The molecule has 1 fully saturated rings. The Morgan fingerprint density at radius 1 is 0.378 bits per heavy atom. The summed E-state index contributed by atoms with van der Waals surface area (Å²) < 4.78 is 27.3. The molecule has 90 heavy (non-hydrogen) atoms. The van der Waals surface area contributed by atoms with E-state index in [4.69, 9.17) is 23.7 Å². The smallest absolute Gasteiger partial charge is 0.305 e. The van der Waals surface area contributed by atoms with E-state index in [1.165, 1.54) is 0 Å². The summed E-state index contributed by atoms with van der Waals surface area (Å²) in [5.41, 5.74) is 0. The number of carbonyl (C=O) groups excluding carboxylic acids is 5. The largest absolute Gasteiger partial charge is 0.466 e. The van der Waals surface area contributed by atoms with Crippen molar-refractivity contribution >= 4 is 51.4 Å². The summed E-state index contributed by atoms with van der Waals surface area (Å²) in [6.07, 6.45) is 19.9. The van der Waals surface area contributed by atoms with Gasteiger partial charge in [-0.25, -0.2) is 0 Å². The van der Waals surface area contributed by atoms with Crippen LogP contribution in [0.5, 0.6) is 0 Å². The minimum absolute atomic E-state index is 0.139. The summed E-state index contributed by atoms with van der Waals surface area (Å²) in [6.45, 7) is 27.9. The number of piperazine rings is 1. The topological polar surface area (TPSA) is 225 Å². The second-order valence-electron chi connectivity index (χ2n) is 26.4. The van der Waals surface area contributed by atoms with Gasteiger partial charge in [0.15, 0.2) is 0 Å². The zero-order chi connectivity index (χ0) is 66.4. The van der Waals surface area contributed by atoms with Crippen LogP contribution in [0.15, 0.2) is 0 Å². The molecule has 0 amide bonds. The highest BCUT2D eigenvalue weighted by Gasteiger charge is 2.21. The van der Waals surface area contributed by atoms with Crippen molar-refractivity contribution in [2.45, 2.75) is 272 Å². The Balaban J connectivity index is 2.48. The van der Waals surface area contributed by atoms with Crippen LogP contribution >= 0.6 is 21.6 Å². The van der Waals surface area contributed by atoms with Crippen LogP contribution in [0.1, 0.15) is 248 Å². The van der Waals surface area contributed by atoms with Gasteiger partial charge in [0, 0.05) is 109 Å². The number of carbonyl (C=O) groups is 5. The van der Waals surface area contributed by atoms with Gasteiger partial charge >= 0.3 is 29.8 Å². The van der Waals surface area contributed by atoms with E-state index in [-0.39, 0.29) is 29.8 Å². The molecule has 0 saturated carbocycles. The molecule has 530 valence electrons. The minimum atomic E-state index is -0.562. The number of aliphatic hydroxyl groups is 4. The van der Waals surface area contributed by atoms with Crippen molar-refractivity contribution in [2.75, 3.05) is 123 Å². The first-order valence-corrected chi connectivity index (χ1v) is 38.5. The van der Waals surface area contributed by atoms with Crippen LogP contribution in [0.4, 0.5) is 0 Å². The molecule has 0 radical (unpaired) electrons. The van der Waals surface area contributed by atoms with Crippen LogP contribution in [-0.4, -0.2) is 217 Å². The predicted molar refractivity (Wildman–Crippen MR) is 367 cm³/mol. The zero-order valence-electron chi connectivity index (χ0n) is 58.2. The number of hydrogen-bond acceptors (Lipinski definition) is 20. The highest BCUT2D eigenvalue weighted by atomic mass is 33.1. The Kier molecular flexibility index (Phi) is 55.4. The van der Waals surface area contributed by atoms with Gasteiger partial charge in [-0.05, 0) is 120 Å². The summed E-state index contributed by atoms with van der Waals surface area (Å²) in [7, 11) is 3.75. The first-order valence-electron chi connectivity index (χ1n) is 36.0. The number of unbranched alkanes of at least 4 members (excludes halogenated alkanes) is 9. The third-order valence-electron chi connectivity index (χ3n) is 17.3. The van der Waals surface area contributed by atoms with Gasteiger partial charge < -0.3 is 44.1 Å². The Bertz CT molecular complexity index is 1650. The molecule has 1 aliphatic heterocycles. The fourth-order valence-corrected chi connectivity index (χ4v) is 12.9. The standard InChI is InChI=1S/C70H134N4O14S2/c1-9-60(10-2)56-87-69(82)34-23-21-30-64(77)54-74(55-65(78)31-22-24-35-70(83)88-57-61(11-3)12-4)40-27-50-89-90-51-46-72-43-41-71(42-44-72)45-49-86-68(81)36-25-26-39-73(52-62(75)28-17-13-15-19-32-66(79)84-47-37-58(5)6)53-63(76)29-18-14-16-20-33-67(80)85-48-38-59(7)8/h58-65,75-78H,9-57H2,1-8H3. The Labute approximate surface area is 555 Å². The van der Waals surface area contributed by atoms with E-state index in [0.29, 0.717) is 173 Å². The van der Waals surface area contributed by atoms with Crippen LogP contribution in [0, 0.1) is 23.7 Å². The number of nitrogens with zero attached hydrogens (tertiary/aromatic N) is 4. The lowest BCUT2D eigenvalue weighted by Gasteiger charge is -2.34. The number of ether oxygens (including phenoxy) is 5. The molecule has 0 aromatic carbocycles. The van der Waals surface area contributed by atoms with Gasteiger partial charge in [-0.1, -0.05) is 154 Å². The zero-order valence-corrected chi connectivity index (χ0v) is 59.9. The van der Waals surface area contributed by atoms with Crippen molar-refractivity contribution in [3.8, 4) is 0 Å². The van der Waals surface area contributed by atoms with E-state index in [9.17, 15) is 44.4 Å². The normalized spacial score (nSPS) is 14.7. The molecule has 0 spiro atoms. The molecule has 1 rings (SSSR count). The molecule has 4 N–H and O–H groups in total. The SMILES string of the molecule is CCC(CC)COC(=O)CCCCC(O)CN(CCCSSCCN1CCN(CCOC(=O)CCCCN(CC(O)CCCCCCC(=O)OCCC(C)C)CC(O)CCCCCCC(=O)OCCC(C)C)CC1)CC(O)CCCCC(=O)OCC(CC)CC. The Hall–Kier alpha value is -2.27. The molecular formula is C70H134N4O14S2. The van der Waals surface area contributed by atoms with Gasteiger partial charge in [-0.2, -0.15) is 0 Å². The highest BCUT2D eigenvalue weighted by molar-refractivity contribution is 8.76. The summed E-state index contributed by atoms with van der Waals surface area (Å²) in [6, 6.07) is 0. The van der Waals surface area contributed by atoms with E-state index in [1.54, 1.807) is 0 Å². The van der Waals surface area contributed by atoms with Crippen molar-refractivity contribution in [1.82, 2.24) is 19.6 Å². The van der Waals surface area contributed by atoms with Crippen LogP contribution in [0.25, 0.3) is 0 Å². The lowest BCUT2D eigenvalue weighted by molar-refractivity contribution is -0.146. The Morgan fingerprint density at radius 3 is 1.08 bits per heavy atom. The predicted octanol–water partition coefficient (Wildman–Crippen LogP) is 12.1. The molecule has 4 unspecified atom stereocenters. The second-order valence-corrected chi connectivity index (χ2v) is 29.1. The summed E-state index contributed by atoms with van der Waals surface area (Å²) in [5, 5.41) is 44.2. The molecule has 0 aliphatic carbocycles. The maximum Gasteiger partial charge on any atom is 0.305 e.